The minimum absolute atomic E-state index is 0.0763. The molecule has 3 aromatic rings. The summed E-state index contributed by atoms with van der Waals surface area (Å²) in [5, 5.41) is 19.3. The summed E-state index contributed by atoms with van der Waals surface area (Å²) in [5.41, 5.74) is 5.21. The molecule has 126 valence electrons. The normalized spacial score (nSPS) is 12.7. The Kier molecular flexibility index (Phi) is 3.72. The van der Waals surface area contributed by atoms with Crippen LogP contribution in [0.5, 0.6) is 0 Å². The number of nitrogens with one attached hydrogen (secondary N) is 1. The van der Waals surface area contributed by atoms with Gasteiger partial charge >= 0.3 is 0 Å². The highest BCUT2D eigenvalue weighted by molar-refractivity contribution is 5.60. The van der Waals surface area contributed by atoms with E-state index in [-0.39, 0.29) is 10.6 Å². The van der Waals surface area contributed by atoms with Crippen LogP contribution in [0.4, 0.5) is 11.5 Å². The summed E-state index contributed by atoms with van der Waals surface area (Å²) in [6.07, 6.45) is 1.68. The minimum Gasteiger partial charge on any atom is -0.369 e. The lowest BCUT2D eigenvalue weighted by Gasteiger charge is -2.09. The van der Waals surface area contributed by atoms with E-state index in [0.717, 1.165) is 42.1 Å². The zero-order valence-corrected chi connectivity index (χ0v) is 13.9. The van der Waals surface area contributed by atoms with Crippen molar-refractivity contribution in [1.29, 1.82) is 0 Å². The van der Waals surface area contributed by atoms with E-state index >= 15 is 0 Å². The summed E-state index contributed by atoms with van der Waals surface area (Å²) in [6, 6.07) is 15.1. The standard InChI is InChI=1S/C19H18N4O2/c1-13-7-8-15(23(24)25)12-18(13)22-19-16(9-10-20-19)17(21-22)11-14-5-3-2-4-6-14/h2-8,12,20H,9-11H2,1H3. The Balaban J connectivity index is 1.80. The Morgan fingerprint density at radius 3 is 2.80 bits per heavy atom. The first-order valence-corrected chi connectivity index (χ1v) is 8.27. The van der Waals surface area contributed by atoms with Crippen LogP contribution in [-0.2, 0) is 12.8 Å². The number of nitrogens with zero attached hydrogens (tertiary/aromatic N) is 3. The second-order valence-electron chi connectivity index (χ2n) is 6.25. The average Bonchev–Trinajstić information content (AvgIpc) is 3.20. The fraction of sp³-hybridized carbons (Fsp3) is 0.211. The van der Waals surface area contributed by atoms with Gasteiger partial charge in [-0.3, -0.25) is 10.1 Å². The predicted molar refractivity (Wildman–Crippen MR) is 96.4 cm³/mol. The van der Waals surface area contributed by atoms with E-state index in [0.29, 0.717) is 0 Å². The first-order valence-electron chi connectivity index (χ1n) is 8.27. The van der Waals surface area contributed by atoms with Crippen molar-refractivity contribution in [2.75, 3.05) is 11.9 Å². The monoisotopic (exact) mass is 334 g/mol. The second kappa shape index (κ2) is 6.05. The van der Waals surface area contributed by atoms with Crippen molar-refractivity contribution in [2.24, 2.45) is 0 Å². The van der Waals surface area contributed by atoms with Gasteiger partial charge in [0.05, 0.1) is 16.3 Å². The maximum Gasteiger partial charge on any atom is 0.271 e. The van der Waals surface area contributed by atoms with Crippen molar-refractivity contribution in [3.05, 3.63) is 81.0 Å². The van der Waals surface area contributed by atoms with Crippen LogP contribution < -0.4 is 5.32 Å². The minimum atomic E-state index is -0.370. The number of anilines is 1. The molecule has 0 fully saturated rings. The molecule has 25 heavy (non-hydrogen) atoms. The predicted octanol–water partition coefficient (Wildman–Crippen LogP) is 3.65. The molecule has 0 atom stereocenters. The van der Waals surface area contributed by atoms with Crippen LogP contribution in [0.25, 0.3) is 5.69 Å². The summed E-state index contributed by atoms with van der Waals surface area (Å²) in [6.45, 7) is 2.81. The molecular weight excluding hydrogens is 316 g/mol. The van der Waals surface area contributed by atoms with Gasteiger partial charge < -0.3 is 5.32 Å². The van der Waals surface area contributed by atoms with E-state index in [2.05, 4.69) is 17.4 Å². The lowest BCUT2D eigenvalue weighted by molar-refractivity contribution is -0.384. The van der Waals surface area contributed by atoms with E-state index in [1.54, 1.807) is 12.1 Å². The molecule has 0 saturated heterocycles. The molecule has 0 unspecified atom stereocenters. The Bertz CT molecular complexity index is 948. The van der Waals surface area contributed by atoms with Crippen molar-refractivity contribution in [2.45, 2.75) is 19.8 Å². The largest absolute Gasteiger partial charge is 0.369 e. The van der Waals surface area contributed by atoms with Gasteiger partial charge in [0.15, 0.2) is 0 Å². The van der Waals surface area contributed by atoms with Gasteiger partial charge in [-0.15, -0.1) is 0 Å². The average molecular weight is 334 g/mol. The Hall–Kier alpha value is -3.15. The summed E-state index contributed by atoms with van der Waals surface area (Å²) in [7, 11) is 0. The lowest BCUT2D eigenvalue weighted by Crippen LogP contribution is -2.07. The van der Waals surface area contributed by atoms with Crippen LogP contribution >= 0.6 is 0 Å². The summed E-state index contributed by atoms with van der Waals surface area (Å²) >= 11 is 0. The molecule has 2 aromatic carbocycles. The fourth-order valence-corrected chi connectivity index (χ4v) is 3.29. The third kappa shape index (κ3) is 2.76. The molecule has 1 aliphatic rings. The molecule has 6 heteroatoms. The Morgan fingerprint density at radius 2 is 2.04 bits per heavy atom. The van der Waals surface area contributed by atoms with Gasteiger partial charge in [-0.05, 0) is 24.5 Å². The number of non-ortho nitro benzene ring substituents is 1. The van der Waals surface area contributed by atoms with Crippen molar-refractivity contribution in [1.82, 2.24) is 9.78 Å². The highest BCUT2D eigenvalue weighted by atomic mass is 16.6. The zero-order valence-electron chi connectivity index (χ0n) is 13.9. The number of hydrogen-bond donors (Lipinski definition) is 1. The Labute approximate surface area is 145 Å². The first-order chi connectivity index (χ1) is 12.1. The molecule has 0 aliphatic carbocycles. The van der Waals surface area contributed by atoms with E-state index in [4.69, 9.17) is 5.10 Å². The number of aryl methyl sites for hydroxylation is 1. The summed E-state index contributed by atoms with van der Waals surface area (Å²) in [4.78, 5) is 10.8. The van der Waals surface area contributed by atoms with Crippen LogP contribution in [0, 0.1) is 17.0 Å². The van der Waals surface area contributed by atoms with Crippen molar-refractivity contribution < 1.29 is 4.92 Å². The number of hydrogen-bond acceptors (Lipinski definition) is 4. The quantitative estimate of drug-likeness (QED) is 0.584. The lowest BCUT2D eigenvalue weighted by atomic mass is 10.1. The Morgan fingerprint density at radius 1 is 1.24 bits per heavy atom. The number of benzene rings is 2. The molecule has 1 aromatic heterocycles. The molecule has 0 radical (unpaired) electrons. The van der Waals surface area contributed by atoms with Crippen LogP contribution in [0.1, 0.15) is 22.4 Å². The topological polar surface area (TPSA) is 73.0 Å². The van der Waals surface area contributed by atoms with Gasteiger partial charge in [0.2, 0.25) is 0 Å². The van der Waals surface area contributed by atoms with E-state index in [1.807, 2.05) is 29.8 Å². The smallest absolute Gasteiger partial charge is 0.271 e. The molecule has 0 bridgehead atoms. The second-order valence-corrected chi connectivity index (χ2v) is 6.25. The maximum atomic E-state index is 11.1. The van der Waals surface area contributed by atoms with E-state index in [9.17, 15) is 10.1 Å². The molecule has 1 N–H and O–H groups in total. The number of fused-ring (bicyclic) bond motifs is 1. The third-order valence-corrected chi connectivity index (χ3v) is 4.58. The van der Waals surface area contributed by atoms with Crippen LogP contribution in [0.15, 0.2) is 48.5 Å². The number of nitro benzene ring substituents is 1. The number of nitro groups is 1. The van der Waals surface area contributed by atoms with Gasteiger partial charge in [0, 0.05) is 30.7 Å². The van der Waals surface area contributed by atoms with Gasteiger partial charge in [0.1, 0.15) is 5.82 Å². The van der Waals surface area contributed by atoms with Crippen molar-refractivity contribution >= 4 is 11.5 Å². The van der Waals surface area contributed by atoms with Crippen LogP contribution in [0.2, 0.25) is 0 Å². The zero-order chi connectivity index (χ0) is 17.4. The molecule has 1 aliphatic heterocycles. The summed E-state index contributed by atoms with van der Waals surface area (Å²) in [5.74, 6) is 0.953. The first kappa shape index (κ1) is 15.4. The highest BCUT2D eigenvalue weighted by Crippen LogP contribution is 2.32. The third-order valence-electron chi connectivity index (χ3n) is 4.58. The van der Waals surface area contributed by atoms with Crippen molar-refractivity contribution in [3.63, 3.8) is 0 Å². The molecule has 2 heterocycles. The molecular formula is C19H18N4O2. The van der Waals surface area contributed by atoms with Gasteiger partial charge in [0.25, 0.3) is 5.69 Å². The highest BCUT2D eigenvalue weighted by Gasteiger charge is 2.24. The molecule has 4 rings (SSSR count). The maximum absolute atomic E-state index is 11.1. The molecule has 6 nitrogen and oxygen atoms in total. The number of rotatable bonds is 4. The van der Waals surface area contributed by atoms with Crippen LogP contribution in [-0.4, -0.2) is 21.2 Å². The van der Waals surface area contributed by atoms with Crippen LogP contribution in [0.3, 0.4) is 0 Å². The van der Waals surface area contributed by atoms with Gasteiger partial charge in [-0.25, -0.2) is 4.68 Å². The SMILES string of the molecule is Cc1ccc([N+](=O)[O-])cc1-n1nc(Cc2ccccc2)c2c1NCC2. The van der Waals surface area contributed by atoms with E-state index < -0.39 is 0 Å². The summed E-state index contributed by atoms with van der Waals surface area (Å²) < 4.78 is 1.82. The molecule has 0 saturated carbocycles. The molecule has 0 spiro atoms. The van der Waals surface area contributed by atoms with Gasteiger partial charge in [-0.2, -0.15) is 5.10 Å². The van der Waals surface area contributed by atoms with Gasteiger partial charge in [-0.1, -0.05) is 36.4 Å². The number of aromatic nitrogens is 2. The fourth-order valence-electron chi connectivity index (χ4n) is 3.29. The van der Waals surface area contributed by atoms with Crippen molar-refractivity contribution in [3.8, 4) is 5.69 Å². The van der Waals surface area contributed by atoms with E-state index in [1.165, 1.54) is 17.2 Å². The molecule has 0 amide bonds.